The third kappa shape index (κ3) is 45.9. The topological polar surface area (TPSA) is 78.9 Å². The standard InChI is InChI=1S/C54H104O6/c1-5-8-10-12-14-16-17-18-19-24-27-31-35-39-43-47-54(57)60-51(48-58-52(55)45-41-37-33-28-15-13-11-9-6-2)49-59-53(56)46-42-38-34-30-26-23-21-20-22-25-29-32-36-40-44-50(4)7-3/h50-51H,5-49H2,1-4H3/t50?,51-/m1/s1. The van der Waals surface area contributed by atoms with Gasteiger partial charge in [-0.05, 0) is 25.2 Å². The van der Waals surface area contributed by atoms with Crippen LogP contribution in [0, 0.1) is 5.92 Å². The van der Waals surface area contributed by atoms with Crippen LogP contribution in [0.4, 0.5) is 0 Å². The van der Waals surface area contributed by atoms with E-state index in [0.29, 0.717) is 19.3 Å². The zero-order valence-electron chi connectivity index (χ0n) is 40.9. The highest BCUT2D eigenvalue weighted by Gasteiger charge is 2.19. The highest BCUT2D eigenvalue weighted by atomic mass is 16.6. The Labute approximate surface area is 374 Å². The summed E-state index contributed by atoms with van der Waals surface area (Å²) in [4.78, 5) is 37.9. The van der Waals surface area contributed by atoms with Crippen LogP contribution in [0.3, 0.4) is 0 Å². The lowest BCUT2D eigenvalue weighted by Gasteiger charge is -2.18. The molecular weight excluding hydrogens is 745 g/mol. The van der Waals surface area contributed by atoms with Crippen molar-refractivity contribution >= 4 is 17.9 Å². The molecule has 0 fully saturated rings. The molecule has 2 atom stereocenters. The second-order valence-corrected chi connectivity index (χ2v) is 18.8. The lowest BCUT2D eigenvalue weighted by atomic mass is 9.99. The molecule has 0 N–H and O–H groups in total. The predicted octanol–water partition coefficient (Wildman–Crippen LogP) is 17.5. The van der Waals surface area contributed by atoms with E-state index in [-0.39, 0.29) is 31.1 Å². The van der Waals surface area contributed by atoms with Crippen molar-refractivity contribution in [3.05, 3.63) is 0 Å². The molecular formula is C54H104O6. The number of rotatable bonds is 49. The predicted molar refractivity (Wildman–Crippen MR) is 257 cm³/mol. The molecule has 0 aromatic carbocycles. The maximum absolute atomic E-state index is 12.8. The lowest BCUT2D eigenvalue weighted by molar-refractivity contribution is -0.167. The molecule has 0 spiro atoms. The van der Waals surface area contributed by atoms with Gasteiger partial charge in [0.25, 0.3) is 0 Å². The Kier molecular flexibility index (Phi) is 47.2. The van der Waals surface area contributed by atoms with Crippen molar-refractivity contribution in [2.24, 2.45) is 5.92 Å². The third-order valence-electron chi connectivity index (χ3n) is 12.7. The Hall–Kier alpha value is -1.59. The highest BCUT2D eigenvalue weighted by Crippen LogP contribution is 2.18. The second kappa shape index (κ2) is 48.4. The average Bonchev–Trinajstić information content (AvgIpc) is 3.25. The molecule has 0 aliphatic carbocycles. The van der Waals surface area contributed by atoms with Gasteiger partial charge < -0.3 is 14.2 Å². The van der Waals surface area contributed by atoms with Crippen molar-refractivity contribution in [2.45, 2.75) is 310 Å². The fraction of sp³-hybridized carbons (Fsp3) is 0.944. The molecule has 0 saturated heterocycles. The fourth-order valence-electron chi connectivity index (χ4n) is 8.19. The van der Waals surface area contributed by atoms with Gasteiger partial charge in [-0.25, -0.2) is 0 Å². The molecule has 0 aliphatic heterocycles. The Morgan fingerprint density at radius 3 is 0.867 bits per heavy atom. The SMILES string of the molecule is CCCCCCCCCCCCCCCCCC(=O)O[C@H](COC(=O)CCCCCCCCCCC)COC(=O)CCCCCCCCCCCCCCCCC(C)CC. The molecule has 0 heterocycles. The number of carbonyl (C=O) groups excluding carboxylic acids is 3. The van der Waals surface area contributed by atoms with Crippen LogP contribution in [0.5, 0.6) is 0 Å². The van der Waals surface area contributed by atoms with Crippen molar-refractivity contribution in [3.63, 3.8) is 0 Å². The van der Waals surface area contributed by atoms with Crippen molar-refractivity contribution in [2.75, 3.05) is 13.2 Å². The monoisotopic (exact) mass is 849 g/mol. The van der Waals surface area contributed by atoms with Gasteiger partial charge >= 0.3 is 17.9 Å². The van der Waals surface area contributed by atoms with E-state index >= 15 is 0 Å². The van der Waals surface area contributed by atoms with Gasteiger partial charge in [-0.3, -0.25) is 14.4 Å². The molecule has 0 aromatic heterocycles. The number of hydrogen-bond donors (Lipinski definition) is 0. The van der Waals surface area contributed by atoms with Crippen LogP contribution in [0.15, 0.2) is 0 Å². The maximum atomic E-state index is 12.8. The molecule has 356 valence electrons. The first-order chi connectivity index (χ1) is 29.4. The van der Waals surface area contributed by atoms with Crippen LogP contribution in [0.1, 0.15) is 304 Å². The summed E-state index contributed by atoms with van der Waals surface area (Å²) in [5.41, 5.74) is 0. The molecule has 0 rings (SSSR count). The van der Waals surface area contributed by atoms with Gasteiger partial charge in [0, 0.05) is 19.3 Å². The van der Waals surface area contributed by atoms with Crippen molar-refractivity contribution in [1.29, 1.82) is 0 Å². The Morgan fingerprint density at radius 2 is 0.583 bits per heavy atom. The molecule has 0 aliphatic rings. The summed E-state index contributed by atoms with van der Waals surface area (Å²) in [5, 5.41) is 0. The van der Waals surface area contributed by atoms with E-state index in [1.807, 2.05) is 0 Å². The van der Waals surface area contributed by atoms with Crippen LogP contribution in [0.2, 0.25) is 0 Å². The quantitative estimate of drug-likeness (QED) is 0.0345. The van der Waals surface area contributed by atoms with Gasteiger partial charge in [-0.15, -0.1) is 0 Å². The molecule has 6 nitrogen and oxygen atoms in total. The van der Waals surface area contributed by atoms with E-state index in [1.165, 1.54) is 199 Å². The van der Waals surface area contributed by atoms with Crippen LogP contribution in [-0.4, -0.2) is 37.2 Å². The number of carbonyl (C=O) groups is 3. The first kappa shape index (κ1) is 58.4. The summed E-state index contributed by atoms with van der Waals surface area (Å²) in [6, 6.07) is 0. The molecule has 0 radical (unpaired) electrons. The van der Waals surface area contributed by atoms with Gasteiger partial charge in [0.05, 0.1) is 0 Å². The zero-order chi connectivity index (χ0) is 43.8. The van der Waals surface area contributed by atoms with Gasteiger partial charge in [0.1, 0.15) is 13.2 Å². The van der Waals surface area contributed by atoms with Crippen molar-refractivity contribution in [3.8, 4) is 0 Å². The smallest absolute Gasteiger partial charge is 0.306 e. The van der Waals surface area contributed by atoms with E-state index in [4.69, 9.17) is 14.2 Å². The van der Waals surface area contributed by atoms with Gasteiger partial charge in [-0.2, -0.15) is 0 Å². The maximum Gasteiger partial charge on any atom is 0.306 e. The summed E-state index contributed by atoms with van der Waals surface area (Å²) < 4.78 is 16.8. The number of hydrogen-bond acceptors (Lipinski definition) is 6. The molecule has 60 heavy (non-hydrogen) atoms. The van der Waals surface area contributed by atoms with Crippen LogP contribution < -0.4 is 0 Å². The van der Waals surface area contributed by atoms with Gasteiger partial charge in [0.2, 0.25) is 0 Å². The van der Waals surface area contributed by atoms with E-state index < -0.39 is 6.10 Å². The average molecular weight is 849 g/mol. The van der Waals surface area contributed by atoms with Crippen LogP contribution in [0.25, 0.3) is 0 Å². The van der Waals surface area contributed by atoms with Crippen LogP contribution >= 0.6 is 0 Å². The Balaban J connectivity index is 4.24. The molecule has 0 amide bonds. The lowest BCUT2D eigenvalue weighted by Crippen LogP contribution is -2.30. The first-order valence-corrected chi connectivity index (χ1v) is 26.9. The number of ether oxygens (including phenoxy) is 3. The zero-order valence-corrected chi connectivity index (χ0v) is 40.9. The number of esters is 3. The second-order valence-electron chi connectivity index (χ2n) is 18.8. The van der Waals surface area contributed by atoms with Crippen LogP contribution in [-0.2, 0) is 28.6 Å². The minimum atomic E-state index is -0.760. The van der Waals surface area contributed by atoms with Crippen molar-refractivity contribution < 1.29 is 28.6 Å². The normalized spacial score (nSPS) is 12.4. The minimum Gasteiger partial charge on any atom is -0.462 e. The third-order valence-corrected chi connectivity index (χ3v) is 12.7. The Morgan fingerprint density at radius 1 is 0.333 bits per heavy atom. The summed E-state index contributed by atoms with van der Waals surface area (Å²) >= 11 is 0. The van der Waals surface area contributed by atoms with E-state index in [1.54, 1.807) is 0 Å². The largest absolute Gasteiger partial charge is 0.462 e. The van der Waals surface area contributed by atoms with E-state index in [0.717, 1.165) is 63.7 Å². The Bertz CT molecular complexity index is 905. The van der Waals surface area contributed by atoms with Gasteiger partial charge in [0.15, 0.2) is 6.10 Å². The molecule has 0 aromatic rings. The molecule has 0 bridgehead atoms. The van der Waals surface area contributed by atoms with E-state index in [9.17, 15) is 14.4 Å². The number of unbranched alkanes of at least 4 members (excludes halogenated alkanes) is 35. The van der Waals surface area contributed by atoms with Gasteiger partial charge in [-0.1, -0.05) is 265 Å². The molecule has 1 unspecified atom stereocenters. The first-order valence-electron chi connectivity index (χ1n) is 26.9. The van der Waals surface area contributed by atoms with E-state index in [2.05, 4.69) is 27.7 Å². The summed E-state index contributed by atoms with van der Waals surface area (Å²) in [6.07, 6.45) is 50.8. The van der Waals surface area contributed by atoms with Crippen molar-refractivity contribution in [1.82, 2.24) is 0 Å². The summed E-state index contributed by atoms with van der Waals surface area (Å²) in [7, 11) is 0. The fourth-order valence-corrected chi connectivity index (χ4v) is 8.19. The molecule has 6 heteroatoms. The highest BCUT2D eigenvalue weighted by molar-refractivity contribution is 5.71. The summed E-state index contributed by atoms with van der Waals surface area (Å²) in [5.74, 6) is 0.0520. The molecule has 0 saturated carbocycles. The summed E-state index contributed by atoms with van der Waals surface area (Å²) in [6.45, 7) is 9.06. The minimum absolute atomic E-state index is 0.0625.